The number of ether oxygens (including phenoxy) is 1. The molecular weight excluding hydrogens is 501 g/mol. The molecule has 0 bridgehead atoms. The third kappa shape index (κ3) is 4.56. The van der Waals surface area contributed by atoms with Crippen LogP contribution < -0.4 is 10.1 Å². The maximum absolute atomic E-state index is 13.4. The van der Waals surface area contributed by atoms with E-state index in [2.05, 4.69) is 30.4 Å². The van der Waals surface area contributed by atoms with Gasteiger partial charge in [0.1, 0.15) is 22.8 Å². The van der Waals surface area contributed by atoms with Crippen LogP contribution in [0, 0.1) is 5.82 Å². The largest absolute Gasteiger partial charge is 0.476 e. The van der Waals surface area contributed by atoms with Crippen molar-refractivity contribution in [2.24, 2.45) is 0 Å². The highest BCUT2D eigenvalue weighted by molar-refractivity contribution is 6.34. The summed E-state index contributed by atoms with van der Waals surface area (Å²) in [6.45, 7) is 1.89. The summed E-state index contributed by atoms with van der Waals surface area (Å²) in [7, 11) is 0. The molecule has 6 rings (SSSR count). The molecule has 194 valence electrons. The summed E-state index contributed by atoms with van der Waals surface area (Å²) in [5.41, 5.74) is 3.20. The van der Waals surface area contributed by atoms with Crippen LogP contribution in [0.15, 0.2) is 36.8 Å². The zero-order valence-electron chi connectivity index (χ0n) is 20.0. The van der Waals surface area contributed by atoms with Crippen molar-refractivity contribution in [2.75, 3.05) is 13.1 Å². The van der Waals surface area contributed by atoms with E-state index in [1.807, 2.05) is 6.20 Å². The number of nitrogens with one attached hydrogen (secondary N) is 1. The highest BCUT2D eigenvalue weighted by atomic mass is 35.5. The molecular formula is C25H27ClFN7O3. The van der Waals surface area contributed by atoms with Gasteiger partial charge >= 0.3 is 0 Å². The van der Waals surface area contributed by atoms with E-state index in [0.29, 0.717) is 16.5 Å². The topological polar surface area (TPSA) is 123 Å². The minimum Gasteiger partial charge on any atom is -0.476 e. The zero-order valence-corrected chi connectivity index (χ0v) is 20.7. The van der Waals surface area contributed by atoms with E-state index in [0.717, 1.165) is 61.9 Å². The number of aromatic nitrogens is 6. The molecule has 1 aliphatic carbocycles. The van der Waals surface area contributed by atoms with Crippen LogP contribution in [0.3, 0.4) is 0 Å². The average Bonchev–Trinajstić information content (AvgIpc) is 3.46. The van der Waals surface area contributed by atoms with Crippen molar-refractivity contribution in [3.05, 3.63) is 59.0 Å². The van der Waals surface area contributed by atoms with Gasteiger partial charge in [0.05, 0.1) is 34.8 Å². The van der Waals surface area contributed by atoms with Crippen molar-refractivity contribution in [2.45, 2.75) is 56.5 Å². The summed E-state index contributed by atoms with van der Waals surface area (Å²) in [6.07, 6.45) is 6.42. The molecule has 0 amide bonds. The van der Waals surface area contributed by atoms with E-state index in [1.54, 1.807) is 10.6 Å². The first-order valence-corrected chi connectivity index (χ1v) is 12.8. The average molecular weight is 528 g/mol. The number of piperidine rings is 1. The van der Waals surface area contributed by atoms with Crippen LogP contribution in [0.1, 0.15) is 61.6 Å². The molecule has 5 heterocycles. The molecule has 37 heavy (non-hydrogen) atoms. The van der Waals surface area contributed by atoms with Crippen molar-refractivity contribution < 1.29 is 19.3 Å². The molecule has 1 aliphatic heterocycles. The van der Waals surface area contributed by atoms with Gasteiger partial charge in [-0.05, 0) is 57.0 Å². The summed E-state index contributed by atoms with van der Waals surface area (Å²) >= 11 is 6.43. The fourth-order valence-corrected chi connectivity index (χ4v) is 5.35. The number of nitrogens with zero attached hydrogens (tertiary/aromatic N) is 6. The highest BCUT2D eigenvalue weighted by Crippen LogP contribution is 2.43. The molecule has 1 atom stereocenters. The van der Waals surface area contributed by atoms with Gasteiger partial charge in [0, 0.05) is 17.7 Å². The molecule has 4 aromatic heterocycles. The van der Waals surface area contributed by atoms with Gasteiger partial charge in [-0.2, -0.15) is 5.10 Å². The molecule has 1 unspecified atom stereocenters. The first-order chi connectivity index (χ1) is 18.0. The zero-order chi connectivity index (χ0) is 25.5. The number of halogens is 2. The van der Waals surface area contributed by atoms with Crippen LogP contribution in [-0.4, -0.2) is 59.2 Å². The van der Waals surface area contributed by atoms with Crippen molar-refractivity contribution in [1.29, 1.82) is 0 Å². The Balaban J connectivity index is 1.44. The first kappa shape index (κ1) is 24.2. The van der Waals surface area contributed by atoms with E-state index in [9.17, 15) is 14.6 Å². The Kier molecular flexibility index (Phi) is 6.53. The van der Waals surface area contributed by atoms with Crippen LogP contribution in [0.5, 0.6) is 5.75 Å². The molecule has 0 spiro atoms. The molecule has 10 nitrogen and oxygen atoms in total. The SMILES string of the molecule is OC(O)C(Oc1cc(-c2nnn(C3CCNCC3)c2C2CCC2)cn2ncc(Cl)c12)c1ccc(F)cn1. The van der Waals surface area contributed by atoms with Crippen molar-refractivity contribution in [1.82, 2.24) is 34.9 Å². The Bertz CT molecular complexity index is 1400. The highest BCUT2D eigenvalue weighted by Gasteiger charge is 2.32. The first-order valence-electron chi connectivity index (χ1n) is 12.5. The lowest BCUT2D eigenvalue weighted by Gasteiger charge is -2.31. The minimum atomic E-state index is -1.92. The smallest absolute Gasteiger partial charge is 0.195 e. The molecule has 4 aromatic rings. The lowest BCUT2D eigenvalue weighted by Crippen LogP contribution is -2.31. The van der Waals surface area contributed by atoms with Crippen LogP contribution in [-0.2, 0) is 0 Å². The monoisotopic (exact) mass is 527 g/mol. The number of fused-ring (bicyclic) bond motifs is 1. The van der Waals surface area contributed by atoms with Gasteiger partial charge in [-0.3, -0.25) is 4.98 Å². The van der Waals surface area contributed by atoms with Crippen molar-refractivity contribution in [3.63, 3.8) is 0 Å². The summed E-state index contributed by atoms with van der Waals surface area (Å²) in [5.74, 6) is 0.0929. The third-order valence-corrected chi connectivity index (χ3v) is 7.53. The van der Waals surface area contributed by atoms with Crippen molar-refractivity contribution >= 4 is 17.1 Å². The molecule has 0 aromatic carbocycles. The fraction of sp³-hybridized carbons (Fsp3) is 0.440. The standard InChI is InChI=1S/C25H27ClFN7O3/c26-18-12-30-33-13-15(10-20(23(18)33)37-24(25(35)36)19-5-4-16(27)11-29-19)21-22(14-2-1-3-14)34(32-31-21)17-6-8-28-9-7-17/h4-5,10-14,17,24-25,28,35-36H,1-3,6-9H2. The van der Waals surface area contributed by atoms with Crippen LogP contribution in [0.25, 0.3) is 16.8 Å². The van der Waals surface area contributed by atoms with Crippen LogP contribution >= 0.6 is 11.6 Å². The van der Waals surface area contributed by atoms with Gasteiger partial charge < -0.3 is 20.3 Å². The summed E-state index contributed by atoms with van der Waals surface area (Å²) in [5, 5.41) is 37.5. The lowest BCUT2D eigenvalue weighted by atomic mass is 9.81. The lowest BCUT2D eigenvalue weighted by molar-refractivity contribution is -0.115. The molecule has 0 radical (unpaired) electrons. The van der Waals surface area contributed by atoms with Gasteiger partial charge in [0.25, 0.3) is 0 Å². The normalized spacial score (nSPS) is 17.9. The van der Waals surface area contributed by atoms with Crippen LogP contribution in [0.4, 0.5) is 4.39 Å². The van der Waals surface area contributed by atoms with E-state index in [-0.39, 0.29) is 17.5 Å². The fourth-order valence-electron chi connectivity index (χ4n) is 5.12. The Morgan fingerprint density at radius 2 is 1.95 bits per heavy atom. The molecule has 3 N–H and O–H groups in total. The Labute approximate surface area is 217 Å². The summed E-state index contributed by atoms with van der Waals surface area (Å²) in [4.78, 5) is 3.97. The number of hydrogen-bond donors (Lipinski definition) is 3. The third-order valence-electron chi connectivity index (χ3n) is 7.25. The van der Waals surface area contributed by atoms with Crippen LogP contribution in [0.2, 0.25) is 5.02 Å². The maximum Gasteiger partial charge on any atom is 0.195 e. The maximum atomic E-state index is 13.4. The van der Waals surface area contributed by atoms with E-state index in [4.69, 9.17) is 16.3 Å². The summed E-state index contributed by atoms with van der Waals surface area (Å²) in [6, 6.07) is 4.58. The number of aliphatic hydroxyl groups excluding tert-OH is 1. The Morgan fingerprint density at radius 1 is 1.14 bits per heavy atom. The molecule has 2 fully saturated rings. The quantitative estimate of drug-likeness (QED) is 0.313. The molecule has 1 saturated heterocycles. The minimum absolute atomic E-state index is 0.155. The number of hydrogen-bond acceptors (Lipinski definition) is 8. The number of pyridine rings is 2. The molecule has 12 heteroatoms. The predicted octanol–water partition coefficient (Wildman–Crippen LogP) is 3.40. The predicted molar refractivity (Wildman–Crippen MR) is 133 cm³/mol. The van der Waals surface area contributed by atoms with E-state index >= 15 is 0 Å². The van der Waals surface area contributed by atoms with E-state index in [1.165, 1.54) is 24.8 Å². The summed E-state index contributed by atoms with van der Waals surface area (Å²) < 4.78 is 23.2. The second kappa shape index (κ2) is 9.97. The number of rotatable bonds is 7. The van der Waals surface area contributed by atoms with Crippen molar-refractivity contribution in [3.8, 4) is 17.0 Å². The Hall–Kier alpha value is -3.12. The van der Waals surface area contributed by atoms with Gasteiger partial charge in [-0.1, -0.05) is 23.2 Å². The van der Waals surface area contributed by atoms with Gasteiger partial charge in [0.15, 0.2) is 12.4 Å². The van der Waals surface area contributed by atoms with Gasteiger partial charge in [-0.25, -0.2) is 13.6 Å². The Morgan fingerprint density at radius 3 is 2.62 bits per heavy atom. The number of aliphatic hydroxyl groups is 2. The second-order valence-electron chi connectivity index (χ2n) is 9.61. The second-order valence-corrected chi connectivity index (χ2v) is 10.0. The molecule has 1 saturated carbocycles. The molecule has 2 aliphatic rings. The van der Waals surface area contributed by atoms with E-state index < -0.39 is 18.2 Å². The van der Waals surface area contributed by atoms with Gasteiger partial charge in [0.2, 0.25) is 0 Å². The van der Waals surface area contributed by atoms with Gasteiger partial charge in [-0.15, -0.1) is 5.10 Å².